The molecule has 0 unspecified atom stereocenters. The lowest BCUT2D eigenvalue weighted by atomic mass is 10.2. The second kappa shape index (κ2) is 3.83. The fourth-order valence-corrected chi connectivity index (χ4v) is 2.07. The molecule has 0 atom stereocenters. The van der Waals surface area contributed by atoms with E-state index in [9.17, 15) is 4.79 Å². The molecule has 0 fully saturated rings. The highest BCUT2D eigenvalue weighted by Gasteiger charge is 2.19. The third-order valence-corrected chi connectivity index (χ3v) is 2.90. The zero-order valence-electron chi connectivity index (χ0n) is 10.1. The quantitative estimate of drug-likeness (QED) is 0.867. The number of rotatable bonds is 2. The number of nitrogens with one attached hydrogen (secondary N) is 1. The van der Waals surface area contributed by atoms with Crippen molar-refractivity contribution < 1.29 is 9.53 Å². The molecule has 0 saturated carbocycles. The number of carbonyl (C=O) groups excluding carboxylic acids is 1. The molecule has 0 aliphatic carbocycles. The number of ether oxygens (including phenoxy) is 1. The van der Waals surface area contributed by atoms with Crippen molar-refractivity contribution in [1.29, 1.82) is 0 Å². The van der Waals surface area contributed by atoms with Crippen LogP contribution in [0.15, 0.2) is 12.3 Å². The second-order valence-corrected chi connectivity index (χ2v) is 3.95. The summed E-state index contributed by atoms with van der Waals surface area (Å²) in [6.45, 7) is 2.82. The van der Waals surface area contributed by atoms with Crippen molar-refractivity contribution in [2.45, 2.75) is 13.5 Å². The Morgan fingerprint density at radius 1 is 1.39 bits per heavy atom. The molecule has 0 aromatic carbocycles. The number of carbonyl (C=O) groups is 1. The maximum absolute atomic E-state index is 11.5. The minimum atomic E-state index is -0.198. The predicted molar refractivity (Wildman–Crippen MR) is 67.4 cm³/mol. The lowest BCUT2D eigenvalue weighted by Gasteiger charge is -2.06. The number of hydrogen-bond donors (Lipinski definition) is 1. The Kier molecular flexibility index (Phi) is 2.29. The number of nitrogens with zero attached hydrogens (tertiary/aromatic N) is 3. The van der Waals surface area contributed by atoms with Gasteiger partial charge >= 0.3 is 6.01 Å². The lowest BCUT2D eigenvalue weighted by molar-refractivity contribution is -0.111. The summed E-state index contributed by atoms with van der Waals surface area (Å²) in [4.78, 5) is 20.1. The molecule has 6 nitrogen and oxygen atoms in total. The SMILES string of the molecule is CCn1cc2c3c(nc(OC)nc31)NC(=O)C=C2. The van der Waals surface area contributed by atoms with Crippen molar-refractivity contribution in [3.63, 3.8) is 0 Å². The molecule has 1 aliphatic heterocycles. The smallest absolute Gasteiger partial charge is 0.320 e. The Morgan fingerprint density at radius 2 is 2.22 bits per heavy atom. The van der Waals surface area contributed by atoms with E-state index in [1.54, 1.807) is 6.08 Å². The number of amides is 1. The number of aromatic nitrogens is 3. The molecule has 1 aliphatic rings. The zero-order chi connectivity index (χ0) is 12.7. The maximum Gasteiger partial charge on any atom is 0.320 e. The van der Waals surface area contributed by atoms with Crippen LogP contribution in [0.5, 0.6) is 6.01 Å². The van der Waals surface area contributed by atoms with Gasteiger partial charge in [0.15, 0.2) is 0 Å². The van der Waals surface area contributed by atoms with Crippen molar-refractivity contribution in [2.75, 3.05) is 12.4 Å². The Bertz CT molecular complexity index is 672. The monoisotopic (exact) mass is 244 g/mol. The molecule has 2 aromatic heterocycles. The molecule has 1 N–H and O–H groups in total. The molecule has 6 heteroatoms. The fraction of sp³-hybridized carbons (Fsp3) is 0.250. The molecular weight excluding hydrogens is 232 g/mol. The molecule has 2 aromatic rings. The Labute approximate surface area is 103 Å². The van der Waals surface area contributed by atoms with Gasteiger partial charge in [-0.05, 0) is 13.0 Å². The van der Waals surface area contributed by atoms with Crippen LogP contribution in [0, 0.1) is 0 Å². The van der Waals surface area contributed by atoms with E-state index in [0.29, 0.717) is 5.82 Å². The van der Waals surface area contributed by atoms with Gasteiger partial charge in [0, 0.05) is 24.4 Å². The average Bonchev–Trinajstić information content (AvgIpc) is 2.65. The standard InChI is InChI=1S/C12H12N4O2/c1-3-16-6-7-4-5-8(17)13-10-9(7)11(16)15-12(14-10)18-2/h4-6H,3H2,1-2H3,(H,13,14,15,17). The van der Waals surface area contributed by atoms with Crippen LogP contribution in [0.25, 0.3) is 17.1 Å². The van der Waals surface area contributed by atoms with Gasteiger partial charge in [-0.2, -0.15) is 9.97 Å². The molecule has 0 bridgehead atoms. The van der Waals surface area contributed by atoms with E-state index in [0.717, 1.165) is 23.1 Å². The van der Waals surface area contributed by atoms with Crippen molar-refractivity contribution in [1.82, 2.24) is 14.5 Å². The van der Waals surface area contributed by atoms with Crippen LogP contribution in [0.3, 0.4) is 0 Å². The summed E-state index contributed by atoms with van der Waals surface area (Å²) in [5.74, 6) is 0.297. The van der Waals surface area contributed by atoms with E-state index < -0.39 is 0 Å². The molecule has 1 amide bonds. The van der Waals surface area contributed by atoms with Crippen molar-refractivity contribution in [2.24, 2.45) is 0 Å². The molecule has 3 heterocycles. The molecule has 3 rings (SSSR count). The van der Waals surface area contributed by atoms with Gasteiger partial charge in [0.25, 0.3) is 0 Å². The summed E-state index contributed by atoms with van der Waals surface area (Å²) >= 11 is 0. The van der Waals surface area contributed by atoms with Crippen molar-refractivity contribution >= 4 is 28.8 Å². The van der Waals surface area contributed by atoms with Crippen LogP contribution in [0.4, 0.5) is 5.82 Å². The Balaban J connectivity index is 2.39. The summed E-state index contributed by atoms with van der Waals surface area (Å²) in [6.07, 6.45) is 5.22. The second-order valence-electron chi connectivity index (χ2n) is 3.95. The summed E-state index contributed by atoms with van der Waals surface area (Å²) in [5, 5.41) is 3.58. The summed E-state index contributed by atoms with van der Waals surface area (Å²) in [5.41, 5.74) is 1.70. The maximum atomic E-state index is 11.5. The average molecular weight is 244 g/mol. The molecule has 0 saturated heterocycles. The Hall–Kier alpha value is -2.37. The third kappa shape index (κ3) is 1.46. The van der Waals surface area contributed by atoms with Gasteiger partial charge < -0.3 is 14.6 Å². The highest BCUT2D eigenvalue weighted by molar-refractivity contribution is 6.11. The van der Waals surface area contributed by atoms with Crippen LogP contribution in [-0.2, 0) is 11.3 Å². The van der Waals surface area contributed by atoms with Gasteiger partial charge in [-0.1, -0.05) is 0 Å². The molecular formula is C12H12N4O2. The van der Waals surface area contributed by atoms with Crippen LogP contribution in [0.1, 0.15) is 12.5 Å². The number of hydrogen-bond acceptors (Lipinski definition) is 4. The van der Waals surface area contributed by atoms with Gasteiger partial charge in [-0.15, -0.1) is 0 Å². The van der Waals surface area contributed by atoms with Gasteiger partial charge in [-0.25, -0.2) is 0 Å². The summed E-state index contributed by atoms with van der Waals surface area (Å²) in [7, 11) is 1.50. The first-order valence-corrected chi connectivity index (χ1v) is 5.67. The molecule has 0 spiro atoms. The normalized spacial score (nSPS) is 13.6. The van der Waals surface area contributed by atoms with Crippen LogP contribution >= 0.6 is 0 Å². The van der Waals surface area contributed by atoms with E-state index in [1.807, 2.05) is 17.7 Å². The zero-order valence-corrected chi connectivity index (χ0v) is 10.1. The van der Waals surface area contributed by atoms with E-state index in [-0.39, 0.29) is 11.9 Å². The number of anilines is 1. The van der Waals surface area contributed by atoms with Crippen LogP contribution in [-0.4, -0.2) is 27.6 Å². The van der Waals surface area contributed by atoms with E-state index in [4.69, 9.17) is 4.74 Å². The van der Waals surface area contributed by atoms with Crippen molar-refractivity contribution in [3.05, 3.63) is 17.8 Å². The van der Waals surface area contributed by atoms with Crippen LogP contribution < -0.4 is 10.1 Å². The van der Waals surface area contributed by atoms with E-state index in [2.05, 4.69) is 15.3 Å². The topological polar surface area (TPSA) is 69.0 Å². The minimum Gasteiger partial charge on any atom is -0.467 e. The van der Waals surface area contributed by atoms with Crippen LogP contribution in [0.2, 0.25) is 0 Å². The van der Waals surface area contributed by atoms with Gasteiger partial charge in [-0.3, -0.25) is 4.79 Å². The van der Waals surface area contributed by atoms with E-state index in [1.165, 1.54) is 13.2 Å². The fourth-order valence-electron chi connectivity index (χ4n) is 2.07. The van der Waals surface area contributed by atoms with Gasteiger partial charge in [0.1, 0.15) is 11.5 Å². The van der Waals surface area contributed by atoms with Crippen molar-refractivity contribution in [3.8, 4) is 6.01 Å². The van der Waals surface area contributed by atoms with Gasteiger partial charge in [0.2, 0.25) is 5.91 Å². The largest absolute Gasteiger partial charge is 0.467 e. The Morgan fingerprint density at radius 3 is 2.94 bits per heavy atom. The van der Waals surface area contributed by atoms with Gasteiger partial charge in [0.05, 0.1) is 12.5 Å². The molecule has 18 heavy (non-hydrogen) atoms. The van der Waals surface area contributed by atoms with E-state index >= 15 is 0 Å². The molecule has 0 radical (unpaired) electrons. The first-order chi connectivity index (χ1) is 8.72. The number of aryl methyl sites for hydroxylation is 1. The first-order valence-electron chi connectivity index (χ1n) is 5.67. The first kappa shape index (κ1) is 10.8. The highest BCUT2D eigenvalue weighted by atomic mass is 16.5. The highest BCUT2D eigenvalue weighted by Crippen LogP contribution is 2.30. The third-order valence-electron chi connectivity index (χ3n) is 2.90. The number of methoxy groups -OCH3 is 1. The summed E-state index contributed by atoms with van der Waals surface area (Å²) in [6, 6.07) is 0.249. The predicted octanol–water partition coefficient (Wildman–Crippen LogP) is 1.43. The minimum absolute atomic E-state index is 0.198. The summed E-state index contributed by atoms with van der Waals surface area (Å²) < 4.78 is 7.07. The molecule has 92 valence electrons. The lowest BCUT2D eigenvalue weighted by Crippen LogP contribution is -2.10.